The molecule has 3 heterocycles. The highest BCUT2D eigenvalue weighted by atomic mass is 32.1. The molecule has 4 aromatic rings. The maximum Gasteiger partial charge on any atom is 0.258 e. The van der Waals surface area contributed by atoms with Crippen LogP contribution in [0.2, 0.25) is 0 Å². The van der Waals surface area contributed by atoms with Crippen molar-refractivity contribution in [3.8, 4) is 11.3 Å². The van der Waals surface area contributed by atoms with Crippen LogP contribution in [-0.4, -0.2) is 47.1 Å². The topological polar surface area (TPSA) is 67.4 Å². The van der Waals surface area contributed by atoms with Crippen LogP contribution in [0, 0.1) is 0 Å². The maximum absolute atomic E-state index is 13.2. The molecule has 1 aliphatic rings. The lowest BCUT2D eigenvalue weighted by molar-refractivity contribution is 0.0337. The number of anilines is 1. The lowest BCUT2D eigenvalue weighted by Gasteiger charge is -2.25. The first-order valence-corrected chi connectivity index (χ1v) is 11.2. The molecular weight excluding hydrogens is 408 g/mol. The van der Waals surface area contributed by atoms with Crippen molar-refractivity contribution in [2.24, 2.45) is 0 Å². The van der Waals surface area contributed by atoms with Gasteiger partial charge in [-0.2, -0.15) is 0 Å². The molecule has 0 radical (unpaired) electrons. The SMILES string of the molecule is O=C(Nc1nc(CN2CCOCC2)cs1)c1cc(-c2ccccc2)nc2ccccc12. The number of pyridine rings is 1. The summed E-state index contributed by atoms with van der Waals surface area (Å²) in [4.78, 5) is 24.9. The Bertz CT molecular complexity index is 1200. The molecule has 1 saturated heterocycles. The van der Waals surface area contributed by atoms with Crippen molar-refractivity contribution < 1.29 is 9.53 Å². The number of ether oxygens (including phenoxy) is 1. The molecule has 0 bridgehead atoms. The van der Waals surface area contributed by atoms with E-state index in [1.807, 2.05) is 66.0 Å². The summed E-state index contributed by atoms with van der Waals surface area (Å²) in [5, 5.41) is 6.42. The number of aromatic nitrogens is 2. The highest BCUT2D eigenvalue weighted by Gasteiger charge is 2.17. The summed E-state index contributed by atoms with van der Waals surface area (Å²) in [6.45, 7) is 4.10. The van der Waals surface area contributed by atoms with Gasteiger partial charge >= 0.3 is 0 Å². The van der Waals surface area contributed by atoms with Crippen LogP contribution >= 0.6 is 11.3 Å². The molecular formula is C24H22N4O2S. The van der Waals surface area contributed by atoms with Crippen molar-refractivity contribution in [2.45, 2.75) is 6.54 Å². The van der Waals surface area contributed by atoms with Gasteiger partial charge in [0.15, 0.2) is 5.13 Å². The summed E-state index contributed by atoms with van der Waals surface area (Å²) in [5.74, 6) is -0.178. The van der Waals surface area contributed by atoms with E-state index in [4.69, 9.17) is 9.72 Å². The molecule has 2 aromatic heterocycles. The number of hydrogen-bond donors (Lipinski definition) is 1. The van der Waals surface area contributed by atoms with Gasteiger partial charge in [-0.3, -0.25) is 15.0 Å². The summed E-state index contributed by atoms with van der Waals surface area (Å²) in [5.41, 5.74) is 4.10. The normalized spacial score (nSPS) is 14.6. The van der Waals surface area contributed by atoms with E-state index in [0.717, 1.165) is 60.7 Å². The molecule has 1 fully saturated rings. The quantitative estimate of drug-likeness (QED) is 0.507. The van der Waals surface area contributed by atoms with Crippen LogP contribution in [0.4, 0.5) is 5.13 Å². The minimum absolute atomic E-state index is 0.178. The van der Waals surface area contributed by atoms with Crippen molar-refractivity contribution in [2.75, 3.05) is 31.6 Å². The Morgan fingerprint density at radius 1 is 1.03 bits per heavy atom. The first-order chi connectivity index (χ1) is 15.3. The van der Waals surface area contributed by atoms with E-state index >= 15 is 0 Å². The van der Waals surface area contributed by atoms with Gasteiger partial charge in [-0.15, -0.1) is 11.3 Å². The molecule has 0 unspecified atom stereocenters. The number of benzene rings is 2. The van der Waals surface area contributed by atoms with Gasteiger partial charge in [0, 0.05) is 36.0 Å². The number of carbonyl (C=O) groups excluding carboxylic acids is 1. The van der Waals surface area contributed by atoms with Crippen LogP contribution in [0.3, 0.4) is 0 Å². The Morgan fingerprint density at radius 3 is 2.65 bits per heavy atom. The second-order valence-corrected chi connectivity index (χ2v) is 8.28. The average molecular weight is 431 g/mol. The van der Waals surface area contributed by atoms with Crippen LogP contribution in [-0.2, 0) is 11.3 Å². The number of fused-ring (bicyclic) bond motifs is 1. The molecule has 7 heteroatoms. The third kappa shape index (κ3) is 4.49. The Morgan fingerprint density at radius 2 is 1.81 bits per heavy atom. The third-order valence-electron chi connectivity index (χ3n) is 5.29. The van der Waals surface area contributed by atoms with E-state index in [1.54, 1.807) is 0 Å². The Labute approximate surface area is 184 Å². The smallest absolute Gasteiger partial charge is 0.258 e. The van der Waals surface area contributed by atoms with Gasteiger partial charge in [0.25, 0.3) is 5.91 Å². The van der Waals surface area contributed by atoms with Crippen LogP contribution in [0.1, 0.15) is 16.1 Å². The fourth-order valence-electron chi connectivity index (χ4n) is 3.71. The van der Waals surface area contributed by atoms with Crippen molar-refractivity contribution in [3.05, 3.63) is 77.3 Å². The molecule has 1 amide bonds. The molecule has 156 valence electrons. The van der Waals surface area contributed by atoms with Crippen LogP contribution in [0.5, 0.6) is 0 Å². The molecule has 5 rings (SSSR count). The zero-order valence-corrected chi connectivity index (χ0v) is 17.8. The summed E-state index contributed by atoms with van der Waals surface area (Å²) in [6.07, 6.45) is 0. The van der Waals surface area contributed by atoms with E-state index in [0.29, 0.717) is 10.7 Å². The first kappa shape index (κ1) is 19.8. The fourth-order valence-corrected chi connectivity index (χ4v) is 4.41. The molecule has 1 N–H and O–H groups in total. The largest absolute Gasteiger partial charge is 0.379 e. The average Bonchev–Trinajstić information content (AvgIpc) is 3.26. The van der Waals surface area contributed by atoms with Gasteiger partial charge in [-0.05, 0) is 12.1 Å². The van der Waals surface area contributed by atoms with Crippen LogP contribution in [0.25, 0.3) is 22.2 Å². The number of carbonyl (C=O) groups is 1. The number of nitrogens with zero attached hydrogens (tertiary/aromatic N) is 3. The number of nitrogens with one attached hydrogen (secondary N) is 1. The van der Waals surface area contributed by atoms with E-state index < -0.39 is 0 Å². The highest BCUT2D eigenvalue weighted by Crippen LogP contribution is 2.26. The van der Waals surface area contributed by atoms with E-state index in [-0.39, 0.29) is 5.91 Å². The second kappa shape index (κ2) is 8.93. The maximum atomic E-state index is 13.2. The fraction of sp³-hybridized carbons (Fsp3) is 0.208. The van der Waals surface area contributed by atoms with Gasteiger partial charge in [-0.1, -0.05) is 48.5 Å². The van der Waals surface area contributed by atoms with Gasteiger partial charge in [-0.25, -0.2) is 9.97 Å². The van der Waals surface area contributed by atoms with E-state index in [2.05, 4.69) is 15.2 Å². The molecule has 0 spiro atoms. The highest BCUT2D eigenvalue weighted by molar-refractivity contribution is 7.14. The molecule has 1 aliphatic heterocycles. The van der Waals surface area contributed by atoms with Crippen LogP contribution < -0.4 is 5.32 Å². The lowest BCUT2D eigenvalue weighted by atomic mass is 10.0. The first-order valence-electron chi connectivity index (χ1n) is 10.3. The number of hydrogen-bond acceptors (Lipinski definition) is 6. The molecule has 0 atom stereocenters. The Kier molecular flexibility index (Phi) is 5.71. The van der Waals surface area contributed by atoms with Gasteiger partial charge < -0.3 is 4.74 Å². The number of rotatable bonds is 5. The molecule has 0 saturated carbocycles. The van der Waals surface area contributed by atoms with Gasteiger partial charge in [0.05, 0.1) is 35.7 Å². The monoisotopic (exact) mass is 430 g/mol. The molecule has 2 aromatic carbocycles. The lowest BCUT2D eigenvalue weighted by Crippen LogP contribution is -2.35. The Balaban J connectivity index is 1.40. The number of para-hydroxylation sites is 1. The predicted octanol–water partition coefficient (Wildman–Crippen LogP) is 4.44. The molecule has 0 aliphatic carbocycles. The van der Waals surface area contributed by atoms with Crippen molar-refractivity contribution in [1.82, 2.24) is 14.9 Å². The van der Waals surface area contributed by atoms with E-state index in [9.17, 15) is 4.79 Å². The number of thiazole rings is 1. The zero-order chi connectivity index (χ0) is 21.0. The van der Waals surface area contributed by atoms with Crippen LogP contribution in [0.15, 0.2) is 66.0 Å². The summed E-state index contributed by atoms with van der Waals surface area (Å²) in [6, 6.07) is 19.5. The second-order valence-electron chi connectivity index (χ2n) is 7.42. The predicted molar refractivity (Wildman–Crippen MR) is 123 cm³/mol. The van der Waals surface area contributed by atoms with Crippen molar-refractivity contribution in [3.63, 3.8) is 0 Å². The summed E-state index contributed by atoms with van der Waals surface area (Å²) in [7, 11) is 0. The van der Waals surface area contributed by atoms with Crippen molar-refractivity contribution >= 4 is 33.3 Å². The summed E-state index contributed by atoms with van der Waals surface area (Å²) < 4.78 is 5.40. The number of morpholine rings is 1. The number of amides is 1. The van der Waals surface area contributed by atoms with Crippen molar-refractivity contribution in [1.29, 1.82) is 0 Å². The zero-order valence-electron chi connectivity index (χ0n) is 17.0. The third-order valence-corrected chi connectivity index (χ3v) is 6.10. The Hall–Kier alpha value is -3.13. The summed E-state index contributed by atoms with van der Waals surface area (Å²) >= 11 is 1.45. The standard InChI is InChI=1S/C24H22N4O2S/c29-23(27-24-25-18(16-31-24)15-28-10-12-30-13-11-28)20-14-22(17-6-2-1-3-7-17)26-21-9-5-4-8-19(20)21/h1-9,14,16H,10-13,15H2,(H,25,27,29). The molecule has 6 nitrogen and oxygen atoms in total. The minimum atomic E-state index is -0.178. The van der Waals surface area contributed by atoms with Gasteiger partial charge in [0.1, 0.15) is 0 Å². The van der Waals surface area contributed by atoms with Gasteiger partial charge in [0.2, 0.25) is 0 Å². The molecule has 31 heavy (non-hydrogen) atoms. The van der Waals surface area contributed by atoms with E-state index in [1.165, 1.54) is 11.3 Å². The minimum Gasteiger partial charge on any atom is -0.379 e.